The fourth-order valence-corrected chi connectivity index (χ4v) is 2.78. The number of benzene rings is 2. The minimum atomic E-state index is -0.236. The van der Waals surface area contributed by atoms with Gasteiger partial charge in [0, 0.05) is 16.6 Å². The monoisotopic (exact) mass is 381 g/mol. The highest BCUT2D eigenvalue weighted by atomic mass is 79.9. The lowest BCUT2D eigenvalue weighted by molar-refractivity contribution is 0.0950. The zero-order chi connectivity index (χ0) is 15.5. The number of nitrogens with one attached hydrogen (secondary N) is 1. The number of fused-ring (bicyclic) bond motifs is 1. The summed E-state index contributed by atoms with van der Waals surface area (Å²) in [5.41, 5.74) is 1.30. The van der Waals surface area contributed by atoms with Gasteiger partial charge in [-0.3, -0.25) is 4.79 Å². The lowest BCUT2D eigenvalue weighted by Gasteiger charge is -2.21. The van der Waals surface area contributed by atoms with Crippen molar-refractivity contribution >= 4 is 33.4 Å². The molecule has 2 aromatic rings. The molecule has 0 saturated heterocycles. The second-order valence-electron chi connectivity index (χ2n) is 4.75. The summed E-state index contributed by atoms with van der Waals surface area (Å²) in [5.74, 6) is 1.16. The van der Waals surface area contributed by atoms with Crippen molar-refractivity contribution in [3.8, 4) is 11.5 Å². The first-order valence-corrected chi connectivity index (χ1v) is 7.93. The number of halogens is 2. The van der Waals surface area contributed by atoms with Crippen molar-refractivity contribution in [3.63, 3.8) is 0 Å². The van der Waals surface area contributed by atoms with Gasteiger partial charge in [-0.25, -0.2) is 0 Å². The summed E-state index contributed by atoms with van der Waals surface area (Å²) in [7, 11) is 0. The molecule has 0 aromatic heterocycles. The summed E-state index contributed by atoms with van der Waals surface area (Å²) < 4.78 is 12.0. The fourth-order valence-electron chi connectivity index (χ4n) is 2.22. The largest absolute Gasteiger partial charge is 0.486 e. The summed E-state index contributed by atoms with van der Waals surface area (Å²) in [4.78, 5) is 12.3. The molecule has 0 aliphatic carbocycles. The minimum absolute atomic E-state index is 0.236. The summed E-state index contributed by atoms with van der Waals surface area (Å²) in [6.45, 7) is 1.39. The van der Waals surface area contributed by atoms with Crippen LogP contribution in [0.15, 0.2) is 40.9 Å². The smallest absolute Gasteiger partial charge is 0.253 e. The summed E-state index contributed by atoms with van der Waals surface area (Å²) in [6, 6.07) is 10.8. The quantitative estimate of drug-likeness (QED) is 0.878. The van der Waals surface area contributed by atoms with Crippen molar-refractivity contribution in [3.05, 3.63) is 57.0 Å². The van der Waals surface area contributed by atoms with E-state index in [1.165, 1.54) is 0 Å². The molecular formula is C16H13BrClNO3. The molecular weight excluding hydrogens is 370 g/mol. The molecule has 0 bridgehead atoms. The van der Waals surface area contributed by atoms with E-state index in [0.717, 1.165) is 10.0 Å². The third-order valence-electron chi connectivity index (χ3n) is 3.26. The summed E-state index contributed by atoms with van der Waals surface area (Å²) >= 11 is 9.40. The van der Waals surface area contributed by atoms with Gasteiger partial charge in [-0.15, -0.1) is 0 Å². The fraction of sp³-hybridized carbons (Fsp3) is 0.188. The third-order valence-corrected chi connectivity index (χ3v) is 4.08. The van der Waals surface area contributed by atoms with E-state index >= 15 is 0 Å². The van der Waals surface area contributed by atoms with E-state index in [9.17, 15) is 4.79 Å². The van der Waals surface area contributed by atoms with Crippen molar-refractivity contribution in [2.45, 2.75) is 6.54 Å². The molecule has 0 unspecified atom stereocenters. The van der Waals surface area contributed by atoms with E-state index in [4.69, 9.17) is 21.1 Å². The Hall–Kier alpha value is -1.72. The molecule has 1 N–H and O–H groups in total. The van der Waals surface area contributed by atoms with Crippen molar-refractivity contribution in [2.24, 2.45) is 0 Å². The van der Waals surface area contributed by atoms with Crippen LogP contribution in [0.1, 0.15) is 15.9 Å². The maximum atomic E-state index is 12.3. The van der Waals surface area contributed by atoms with Crippen LogP contribution < -0.4 is 14.8 Å². The van der Waals surface area contributed by atoms with Gasteiger partial charge in [-0.05, 0) is 24.3 Å². The first-order valence-electron chi connectivity index (χ1n) is 6.76. The first kappa shape index (κ1) is 15.2. The molecule has 2 aromatic carbocycles. The number of para-hydroxylation sites is 1. The zero-order valence-corrected chi connectivity index (χ0v) is 13.9. The van der Waals surface area contributed by atoms with Crippen LogP contribution in [0.3, 0.4) is 0 Å². The number of ether oxygens (including phenoxy) is 2. The molecule has 22 heavy (non-hydrogen) atoms. The molecule has 114 valence electrons. The Labute approximate surface area is 141 Å². The van der Waals surface area contributed by atoms with Crippen molar-refractivity contribution < 1.29 is 14.3 Å². The van der Waals surface area contributed by atoms with Gasteiger partial charge in [0.15, 0.2) is 11.5 Å². The minimum Gasteiger partial charge on any atom is -0.486 e. The molecule has 4 nitrogen and oxygen atoms in total. The van der Waals surface area contributed by atoms with Crippen LogP contribution in [0.2, 0.25) is 5.02 Å². The molecule has 1 aliphatic heterocycles. The normalized spacial score (nSPS) is 12.8. The SMILES string of the molecule is O=C(NCc1cccc2c1OCCO2)c1cc(Br)ccc1Cl. The standard InChI is InChI=1S/C16H13BrClNO3/c17-11-4-5-13(18)12(8-11)16(20)19-9-10-2-1-3-14-15(10)22-7-6-21-14/h1-5,8H,6-7,9H2,(H,19,20). The van der Waals surface area contributed by atoms with E-state index in [1.54, 1.807) is 18.2 Å². The molecule has 1 aliphatic rings. The number of carbonyl (C=O) groups is 1. The van der Waals surface area contributed by atoms with Gasteiger partial charge in [0.1, 0.15) is 13.2 Å². The Kier molecular flexibility index (Phi) is 4.55. The van der Waals surface area contributed by atoms with Gasteiger partial charge in [-0.2, -0.15) is 0 Å². The molecule has 0 spiro atoms. The van der Waals surface area contributed by atoms with Crippen LogP contribution in [-0.2, 0) is 6.54 Å². The topological polar surface area (TPSA) is 47.6 Å². The molecule has 0 saturated carbocycles. The zero-order valence-electron chi connectivity index (χ0n) is 11.6. The third kappa shape index (κ3) is 3.20. The Balaban J connectivity index is 1.75. The van der Waals surface area contributed by atoms with Crippen LogP contribution in [0, 0.1) is 0 Å². The van der Waals surface area contributed by atoms with Gasteiger partial charge >= 0.3 is 0 Å². The molecule has 1 amide bonds. The van der Waals surface area contributed by atoms with Crippen LogP contribution in [0.25, 0.3) is 0 Å². The number of hydrogen-bond acceptors (Lipinski definition) is 3. The van der Waals surface area contributed by atoms with E-state index < -0.39 is 0 Å². The second-order valence-corrected chi connectivity index (χ2v) is 6.07. The lowest BCUT2D eigenvalue weighted by atomic mass is 10.1. The molecule has 0 fully saturated rings. The Morgan fingerprint density at radius 3 is 2.91 bits per heavy atom. The van der Waals surface area contributed by atoms with E-state index in [1.807, 2.05) is 18.2 Å². The van der Waals surface area contributed by atoms with Crippen LogP contribution >= 0.6 is 27.5 Å². The van der Waals surface area contributed by atoms with Gasteiger partial charge in [0.05, 0.1) is 10.6 Å². The predicted molar refractivity (Wildman–Crippen MR) is 87.8 cm³/mol. The maximum absolute atomic E-state index is 12.3. The maximum Gasteiger partial charge on any atom is 0.253 e. The highest BCUT2D eigenvalue weighted by molar-refractivity contribution is 9.10. The first-order chi connectivity index (χ1) is 10.6. The van der Waals surface area contributed by atoms with Gasteiger partial charge < -0.3 is 14.8 Å². The summed E-state index contributed by atoms with van der Waals surface area (Å²) in [6.07, 6.45) is 0. The van der Waals surface area contributed by atoms with E-state index in [2.05, 4.69) is 21.2 Å². The van der Waals surface area contributed by atoms with Crippen LogP contribution in [-0.4, -0.2) is 19.1 Å². The van der Waals surface area contributed by atoms with Crippen LogP contribution in [0.5, 0.6) is 11.5 Å². The molecule has 0 atom stereocenters. The predicted octanol–water partition coefficient (Wildman–Crippen LogP) is 3.80. The molecule has 1 heterocycles. The highest BCUT2D eigenvalue weighted by Gasteiger charge is 2.17. The van der Waals surface area contributed by atoms with Crippen LogP contribution in [0.4, 0.5) is 0 Å². The Morgan fingerprint density at radius 2 is 2.05 bits per heavy atom. The Morgan fingerprint density at radius 1 is 1.23 bits per heavy atom. The molecule has 0 radical (unpaired) electrons. The number of carbonyl (C=O) groups excluding carboxylic acids is 1. The number of rotatable bonds is 3. The van der Waals surface area contributed by atoms with Gasteiger partial charge in [0.2, 0.25) is 0 Å². The lowest BCUT2D eigenvalue weighted by Crippen LogP contribution is -2.24. The van der Waals surface area contributed by atoms with Crippen molar-refractivity contribution in [2.75, 3.05) is 13.2 Å². The summed E-state index contributed by atoms with van der Waals surface area (Å²) in [5, 5.41) is 3.27. The molecule has 6 heteroatoms. The number of amides is 1. The second kappa shape index (κ2) is 6.58. The molecule has 3 rings (SSSR count). The number of hydrogen-bond donors (Lipinski definition) is 1. The van der Waals surface area contributed by atoms with Gasteiger partial charge in [0.25, 0.3) is 5.91 Å². The average molecular weight is 383 g/mol. The van der Waals surface area contributed by atoms with Gasteiger partial charge in [-0.1, -0.05) is 39.7 Å². The van der Waals surface area contributed by atoms with E-state index in [-0.39, 0.29) is 5.91 Å². The van der Waals surface area contributed by atoms with Crippen molar-refractivity contribution in [1.29, 1.82) is 0 Å². The average Bonchev–Trinajstić information content (AvgIpc) is 2.54. The van der Waals surface area contributed by atoms with Crippen molar-refractivity contribution in [1.82, 2.24) is 5.32 Å². The Bertz CT molecular complexity index is 721. The van der Waals surface area contributed by atoms with E-state index in [0.29, 0.717) is 41.8 Å². The highest BCUT2D eigenvalue weighted by Crippen LogP contribution is 2.33.